The molecule has 0 unspecified atom stereocenters. The highest BCUT2D eigenvalue weighted by atomic mass is 16.5. The normalized spacial score (nSPS) is 18.3. The largest absolute Gasteiger partial charge is 0.472 e. The van der Waals surface area contributed by atoms with Crippen molar-refractivity contribution >= 4 is 17.5 Å². The Morgan fingerprint density at radius 3 is 2.27 bits per heavy atom. The van der Waals surface area contributed by atoms with E-state index in [2.05, 4.69) is 19.8 Å². The SMILES string of the molecule is Cc1nc(N2CCOCC2)cc(N2CCN(C(=O)c3ccoc3)CC2)n1. The number of furan rings is 1. The van der Waals surface area contributed by atoms with Crippen LogP contribution >= 0.6 is 0 Å². The van der Waals surface area contributed by atoms with E-state index in [0.717, 1.165) is 56.9 Å². The smallest absolute Gasteiger partial charge is 0.257 e. The molecular weight excluding hydrogens is 334 g/mol. The number of nitrogens with zero attached hydrogens (tertiary/aromatic N) is 5. The topological polar surface area (TPSA) is 74.9 Å². The fourth-order valence-electron chi connectivity index (χ4n) is 3.36. The van der Waals surface area contributed by atoms with Crippen LogP contribution in [0.3, 0.4) is 0 Å². The van der Waals surface area contributed by atoms with Crippen LogP contribution in [0, 0.1) is 6.92 Å². The number of aryl methyl sites for hydroxylation is 1. The molecule has 0 saturated carbocycles. The van der Waals surface area contributed by atoms with Crippen LogP contribution in [-0.2, 0) is 4.74 Å². The average Bonchev–Trinajstić information content (AvgIpc) is 3.22. The molecule has 8 nitrogen and oxygen atoms in total. The van der Waals surface area contributed by atoms with E-state index in [4.69, 9.17) is 9.15 Å². The summed E-state index contributed by atoms with van der Waals surface area (Å²) >= 11 is 0. The summed E-state index contributed by atoms with van der Waals surface area (Å²) in [5.74, 6) is 2.66. The summed E-state index contributed by atoms with van der Waals surface area (Å²) in [6, 6.07) is 3.75. The average molecular weight is 357 g/mol. The summed E-state index contributed by atoms with van der Waals surface area (Å²) in [6.45, 7) is 7.92. The number of carbonyl (C=O) groups is 1. The number of hydrogen-bond donors (Lipinski definition) is 0. The number of hydrogen-bond acceptors (Lipinski definition) is 7. The Labute approximate surface area is 152 Å². The Bertz CT molecular complexity index is 750. The van der Waals surface area contributed by atoms with Crippen molar-refractivity contribution in [2.24, 2.45) is 0 Å². The molecule has 2 aliphatic rings. The minimum Gasteiger partial charge on any atom is -0.472 e. The van der Waals surface area contributed by atoms with Crippen molar-refractivity contribution in [3.63, 3.8) is 0 Å². The molecule has 26 heavy (non-hydrogen) atoms. The Morgan fingerprint density at radius 2 is 1.65 bits per heavy atom. The van der Waals surface area contributed by atoms with Crippen molar-refractivity contribution in [3.8, 4) is 0 Å². The zero-order valence-corrected chi connectivity index (χ0v) is 14.9. The molecule has 0 atom stereocenters. The van der Waals surface area contributed by atoms with E-state index in [1.54, 1.807) is 6.07 Å². The molecule has 0 spiro atoms. The fourth-order valence-corrected chi connectivity index (χ4v) is 3.36. The molecule has 4 heterocycles. The first-order chi connectivity index (χ1) is 12.7. The molecule has 0 aromatic carbocycles. The summed E-state index contributed by atoms with van der Waals surface area (Å²) in [4.78, 5) is 27.9. The summed E-state index contributed by atoms with van der Waals surface area (Å²) in [6.07, 6.45) is 3.03. The van der Waals surface area contributed by atoms with Gasteiger partial charge < -0.3 is 23.9 Å². The number of aromatic nitrogens is 2. The van der Waals surface area contributed by atoms with E-state index in [-0.39, 0.29) is 5.91 Å². The van der Waals surface area contributed by atoms with E-state index in [9.17, 15) is 4.79 Å². The molecule has 8 heteroatoms. The third-order valence-electron chi connectivity index (χ3n) is 4.80. The first-order valence-electron chi connectivity index (χ1n) is 8.95. The molecule has 4 rings (SSSR count). The van der Waals surface area contributed by atoms with Gasteiger partial charge in [0.2, 0.25) is 0 Å². The monoisotopic (exact) mass is 357 g/mol. The lowest BCUT2D eigenvalue weighted by Gasteiger charge is -2.36. The summed E-state index contributed by atoms with van der Waals surface area (Å²) < 4.78 is 10.4. The third-order valence-corrected chi connectivity index (χ3v) is 4.80. The van der Waals surface area contributed by atoms with Gasteiger partial charge in [0.05, 0.1) is 25.0 Å². The second-order valence-electron chi connectivity index (χ2n) is 6.52. The minimum absolute atomic E-state index is 0.0197. The van der Waals surface area contributed by atoms with Gasteiger partial charge in [0.25, 0.3) is 5.91 Å². The number of amides is 1. The Kier molecular flexibility index (Phi) is 4.75. The number of anilines is 2. The van der Waals surface area contributed by atoms with Crippen LogP contribution in [0.4, 0.5) is 11.6 Å². The second-order valence-corrected chi connectivity index (χ2v) is 6.52. The van der Waals surface area contributed by atoms with Crippen molar-refractivity contribution in [1.82, 2.24) is 14.9 Å². The van der Waals surface area contributed by atoms with Gasteiger partial charge in [-0.1, -0.05) is 0 Å². The molecule has 0 bridgehead atoms. The van der Waals surface area contributed by atoms with Crippen LogP contribution in [0.2, 0.25) is 0 Å². The highest BCUT2D eigenvalue weighted by Gasteiger charge is 2.24. The number of rotatable bonds is 3. The maximum atomic E-state index is 12.4. The predicted octanol–water partition coefficient (Wildman–Crippen LogP) is 1.18. The molecular formula is C18H23N5O3. The second kappa shape index (κ2) is 7.33. The Morgan fingerprint density at radius 1 is 1.00 bits per heavy atom. The van der Waals surface area contributed by atoms with Gasteiger partial charge >= 0.3 is 0 Å². The van der Waals surface area contributed by atoms with E-state index >= 15 is 0 Å². The van der Waals surface area contributed by atoms with E-state index in [1.807, 2.05) is 17.9 Å². The molecule has 0 aliphatic carbocycles. The lowest BCUT2D eigenvalue weighted by Crippen LogP contribution is -2.49. The first-order valence-corrected chi connectivity index (χ1v) is 8.95. The van der Waals surface area contributed by atoms with Crippen molar-refractivity contribution in [1.29, 1.82) is 0 Å². The van der Waals surface area contributed by atoms with Crippen LogP contribution in [0.1, 0.15) is 16.2 Å². The Balaban J connectivity index is 1.44. The van der Waals surface area contributed by atoms with Crippen molar-refractivity contribution in [2.45, 2.75) is 6.92 Å². The van der Waals surface area contributed by atoms with Gasteiger partial charge in [0.1, 0.15) is 23.7 Å². The van der Waals surface area contributed by atoms with E-state index in [0.29, 0.717) is 18.7 Å². The quantitative estimate of drug-likeness (QED) is 0.816. The lowest BCUT2D eigenvalue weighted by molar-refractivity contribution is 0.0745. The van der Waals surface area contributed by atoms with Crippen LogP contribution in [0.5, 0.6) is 0 Å². The molecule has 1 amide bonds. The number of carbonyl (C=O) groups excluding carboxylic acids is 1. The molecule has 2 aromatic rings. The van der Waals surface area contributed by atoms with Gasteiger partial charge in [-0.05, 0) is 13.0 Å². The zero-order chi connectivity index (χ0) is 17.9. The summed E-state index contributed by atoms with van der Waals surface area (Å²) in [5, 5.41) is 0. The molecule has 2 saturated heterocycles. The molecule has 2 aliphatic heterocycles. The van der Waals surface area contributed by atoms with Gasteiger partial charge in [-0.15, -0.1) is 0 Å². The number of morpholine rings is 1. The predicted molar refractivity (Wildman–Crippen MR) is 96.6 cm³/mol. The lowest BCUT2D eigenvalue weighted by atomic mass is 10.2. The minimum atomic E-state index is 0.0197. The van der Waals surface area contributed by atoms with Gasteiger partial charge in [-0.3, -0.25) is 4.79 Å². The highest BCUT2D eigenvalue weighted by molar-refractivity contribution is 5.94. The van der Waals surface area contributed by atoms with E-state index in [1.165, 1.54) is 12.5 Å². The highest BCUT2D eigenvalue weighted by Crippen LogP contribution is 2.21. The first kappa shape index (κ1) is 16.8. The van der Waals surface area contributed by atoms with Crippen LogP contribution in [0.25, 0.3) is 0 Å². The number of ether oxygens (including phenoxy) is 1. The van der Waals surface area contributed by atoms with Gasteiger partial charge in [0.15, 0.2) is 0 Å². The molecule has 138 valence electrons. The van der Waals surface area contributed by atoms with Gasteiger partial charge in [-0.2, -0.15) is 0 Å². The number of piperazine rings is 1. The third kappa shape index (κ3) is 3.50. The van der Waals surface area contributed by atoms with Gasteiger partial charge in [-0.25, -0.2) is 9.97 Å². The van der Waals surface area contributed by atoms with Crippen LogP contribution in [-0.4, -0.2) is 73.3 Å². The van der Waals surface area contributed by atoms with Crippen LogP contribution < -0.4 is 9.80 Å². The summed E-state index contributed by atoms with van der Waals surface area (Å²) in [5.41, 5.74) is 0.603. The molecule has 2 aromatic heterocycles. The van der Waals surface area contributed by atoms with Crippen molar-refractivity contribution < 1.29 is 13.9 Å². The molecule has 0 N–H and O–H groups in total. The molecule has 0 radical (unpaired) electrons. The summed E-state index contributed by atoms with van der Waals surface area (Å²) in [7, 11) is 0. The van der Waals surface area contributed by atoms with Crippen molar-refractivity contribution in [3.05, 3.63) is 36.0 Å². The maximum absolute atomic E-state index is 12.4. The molecule has 2 fully saturated rings. The van der Waals surface area contributed by atoms with Crippen molar-refractivity contribution in [2.75, 3.05) is 62.3 Å². The standard InChI is InChI=1S/C18H23N5O3/c1-14-19-16(12-17(20-14)22-7-10-25-11-8-22)21-3-5-23(6-4-21)18(24)15-2-9-26-13-15/h2,9,12-13H,3-8,10-11H2,1H3. The zero-order valence-electron chi connectivity index (χ0n) is 14.9. The maximum Gasteiger partial charge on any atom is 0.257 e. The Hall–Kier alpha value is -2.61. The van der Waals surface area contributed by atoms with Gasteiger partial charge in [0, 0.05) is 45.3 Å². The fraction of sp³-hybridized carbons (Fsp3) is 0.500. The van der Waals surface area contributed by atoms with Crippen LogP contribution in [0.15, 0.2) is 29.1 Å². The van der Waals surface area contributed by atoms with E-state index < -0.39 is 0 Å².